The highest BCUT2D eigenvalue weighted by molar-refractivity contribution is 6.28. The first-order valence-corrected chi connectivity index (χ1v) is 5.74. The number of hydrogen-bond donors (Lipinski definition) is 2. The first kappa shape index (κ1) is 12.6. The summed E-state index contributed by atoms with van der Waals surface area (Å²) in [6.45, 7) is 1.81. The average Bonchev–Trinajstić information content (AvgIpc) is 2.34. The van der Waals surface area contributed by atoms with E-state index in [1.807, 2.05) is 6.92 Å². The molecule has 0 aliphatic carbocycles. The van der Waals surface area contributed by atoms with Crippen molar-refractivity contribution in [2.75, 3.05) is 11.1 Å². The second-order valence-corrected chi connectivity index (χ2v) is 4.17. The molecule has 1 unspecified atom stereocenters. The van der Waals surface area contributed by atoms with Crippen molar-refractivity contribution in [1.29, 1.82) is 0 Å². The molecule has 0 bridgehead atoms. The van der Waals surface area contributed by atoms with E-state index in [0.29, 0.717) is 17.1 Å². The van der Waals surface area contributed by atoms with Gasteiger partial charge in [0.05, 0.1) is 17.9 Å². The molecule has 1 aromatic carbocycles. The summed E-state index contributed by atoms with van der Waals surface area (Å²) in [7, 11) is 0. The van der Waals surface area contributed by atoms with Crippen LogP contribution in [0.2, 0.25) is 5.28 Å². The van der Waals surface area contributed by atoms with Crippen molar-refractivity contribution in [3.05, 3.63) is 47.1 Å². The van der Waals surface area contributed by atoms with Gasteiger partial charge in [-0.05, 0) is 24.6 Å². The van der Waals surface area contributed by atoms with Gasteiger partial charge < -0.3 is 11.1 Å². The van der Waals surface area contributed by atoms with Gasteiger partial charge in [-0.1, -0.05) is 18.2 Å². The summed E-state index contributed by atoms with van der Waals surface area (Å²) in [5, 5.41) is 3.10. The number of benzene rings is 1. The van der Waals surface area contributed by atoms with Gasteiger partial charge in [0.25, 0.3) is 0 Å². The summed E-state index contributed by atoms with van der Waals surface area (Å²) < 4.78 is 13.6. The first-order valence-electron chi connectivity index (χ1n) is 5.37. The Morgan fingerprint density at radius 1 is 1.39 bits per heavy atom. The highest BCUT2D eigenvalue weighted by Gasteiger charge is 2.12. The zero-order valence-electron chi connectivity index (χ0n) is 9.69. The Hall–Kier alpha value is -1.88. The van der Waals surface area contributed by atoms with E-state index < -0.39 is 0 Å². The molecule has 0 saturated carbocycles. The molecular weight excluding hydrogens is 255 g/mol. The Morgan fingerprint density at radius 2 is 2.11 bits per heavy atom. The number of nitrogens with zero attached hydrogens (tertiary/aromatic N) is 2. The van der Waals surface area contributed by atoms with Crippen molar-refractivity contribution in [3.63, 3.8) is 0 Å². The molecule has 1 atom stereocenters. The Labute approximate surface area is 109 Å². The van der Waals surface area contributed by atoms with Gasteiger partial charge in [0.2, 0.25) is 5.28 Å². The van der Waals surface area contributed by atoms with Gasteiger partial charge in [-0.25, -0.2) is 9.37 Å². The van der Waals surface area contributed by atoms with Crippen LogP contribution in [0.15, 0.2) is 30.5 Å². The maximum Gasteiger partial charge on any atom is 0.224 e. The monoisotopic (exact) mass is 266 g/mol. The minimum Gasteiger partial charge on any atom is -0.394 e. The van der Waals surface area contributed by atoms with Crippen LogP contribution in [-0.4, -0.2) is 9.97 Å². The summed E-state index contributed by atoms with van der Waals surface area (Å²) in [6, 6.07) is 6.24. The van der Waals surface area contributed by atoms with E-state index in [1.54, 1.807) is 18.2 Å². The maximum atomic E-state index is 13.6. The molecule has 6 heteroatoms. The van der Waals surface area contributed by atoms with Crippen LogP contribution >= 0.6 is 11.6 Å². The highest BCUT2D eigenvalue weighted by Crippen LogP contribution is 2.24. The smallest absolute Gasteiger partial charge is 0.224 e. The Bertz CT molecular complexity index is 562. The fourth-order valence-electron chi connectivity index (χ4n) is 1.59. The summed E-state index contributed by atoms with van der Waals surface area (Å²) in [5.41, 5.74) is 6.61. The minimum absolute atomic E-state index is 0.0902. The SMILES string of the molecule is CC(Nc1nc(Cl)ncc1N)c1ccccc1F. The van der Waals surface area contributed by atoms with Gasteiger partial charge in [-0.3, -0.25) is 0 Å². The van der Waals surface area contributed by atoms with Crippen molar-refractivity contribution in [2.45, 2.75) is 13.0 Å². The molecular formula is C12H12ClFN4. The lowest BCUT2D eigenvalue weighted by Crippen LogP contribution is -2.11. The van der Waals surface area contributed by atoms with E-state index in [9.17, 15) is 4.39 Å². The Balaban J connectivity index is 2.24. The number of nitrogens with two attached hydrogens (primary N) is 1. The second kappa shape index (κ2) is 5.18. The molecule has 1 aromatic heterocycles. The van der Waals surface area contributed by atoms with Crippen LogP contribution in [0, 0.1) is 5.82 Å². The third kappa shape index (κ3) is 2.68. The third-order valence-corrected chi connectivity index (χ3v) is 2.69. The maximum absolute atomic E-state index is 13.6. The van der Waals surface area contributed by atoms with Gasteiger partial charge >= 0.3 is 0 Å². The topological polar surface area (TPSA) is 63.8 Å². The summed E-state index contributed by atoms with van der Waals surface area (Å²) >= 11 is 5.69. The van der Waals surface area contributed by atoms with Gasteiger partial charge in [-0.15, -0.1) is 0 Å². The van der Waals surface area contributed by atoms with E-state index >= 15 is 0 Å². The molecule has 0 aliphatic heterocycles. The lowest BCUT2D eigenvalue weighted by Gasteiger charge is -2.16. The van der Waals surface area contributed by atoms with Crippen molar-refractivity contribution in [3.8, 4) is 0 Å². The van der Waals surface area contributed by atoms with Crippen molar-refractivity contribution >= 4 is 23.1 Å². The molecule has 0 spiro atoms. The normalized spacial score (nSPS) is 12.2. The van der Waals surface area contributed by atoms with Crippen LogP contribution in [0.25, 0.3) is 0 Å². The largest absolute Gasteiger partial charge is 0.394 e. The van der Waals surface area contributed by atoms with E-state index in [1.165, 1.54) is 12.3 Å². The number of aromatic nitrogens is 2. The number of rotatable bonds is 3. The quantitative estimate of drug-likeness (QED) is 0.838. The molecule has 2 rings (SSSR count). The summed E-state index contributed by atoms with van der Waals surface area (Å²) in [4.78, 5) is 7.72. The number of nitrogens with one attached hydrogen (secondary N) is 1. The summed E-state index contributed by atoms with van der Waals surface area (Å²) in [5.74, 6) is 0.113. The third-order valence-electron chi connectivity index (χ3n) is 2.51. The molecule has 0 amide bonds. The van der Waals surface area contributed by atoms with Crippen molar-refractivity contribution in [2.24, 2.45) is 0 Å². The molecule has 2 aromatic rings. The Morgan fingerprint density at radius 3 is 2.83 bits per heavy atom. The van der Waals surface area contributed by atoms with Gasteiger partial charge in [0.15, 0.2) is 5.82 Å². The predicted octanol–water partition coefficient (Wildman–Crippen LogP) is 3.02. The molecule has 0 aliphatic rings. The van der Waals surface area contributed by atoms with Crippen LogP contribution in [-0.2, 0) is 0 Å². The fraction of sp³-hybridized carbons (Fsp3) is 0.167. The highest BCUT2D eigenvalue weighted by atomic mass is 35.5. The molecule has 3 N–H and O–H groups in total. The van der Waals surface area contributed by atoms with E-state index in [0.717, 1.165) is 0 Å². The van der Waals surface area contributed by atoms with Crippen LogP contribution < -0.4 is 11.1 Å². The zero-order valence-corrected chi connectivity index (χ0v) is 10.4. The van der Waals surface area contributed by atoms with Gasteiger partial charge in [-0.2, -0.15) is 4.98 Å². The molecule has 18 heavy (non-hydrogen) atoms. The molecule has 1 heterocycles. The lowest BCUT2D eigenvalue weighted by molar-refractivity contribution is 0.600. The van der Waals surface area contributed by atoms with Gasteiger partial charge in [0.1, 0.15) is 5.82 Å². The first-order chi connectivity index (χ1) is 8.58. The second-order valence-electron chi connectivity index (χ2n) is 3.83. The van der Waals surface area contributed by atoms with E-state index in [-0.39, 0.29) is 17.1 Å². The predicted molar refractivity (Wildman–Crippen MR) is 69.9 cm³/mol. The molecule has 0 fully saturated rings. The van der Waals surface area contributed by atoms with Crippen LogP contribution in [0.5, 0.6) is 0 Å². The molecule has 0 saturated heterocycles. The number of anilines is 2. The zero-order chi connectivity index (χ0) is 13.1. The Kier molecular flexibility index (Phi) is 3.62. The van der Waals surface area contributed by atoms with E-state index in [2.05, 4.69) is 15.3 Å². The number of hydrogen-bond acceptors (Lipinski definition) is 4. The summed E-state index contributed by atoms with van der Waals surface area (Å²) in [6.07, 6.45) is 1.41. The molecule has 0 radical (unpaired) electrons. The van der Waals surface area contributed by atoms with Gasteiger partial charge in [0, 0.05) is 5.56 Å². The standard InChI is InChI=1S/C12H12ClFN4/c1-7(8-4-2-3-5-9(8)14)17-11-10(15)6-16-12(13)18-11/h2-7H,15H2,1H3,(H,16,17,18). The fourth-order valence-corrected chi connectivity index (χ4v) is 1.73. The van der Waals surface area contributed by atoms with Crippen LogP contribution in [0.3, 0.4) is 0 Å². The van der Waals surface area contributed by atoms with Crippen molar-refractivity contribution < 1.29 is 4.39 Å². The van der Waals surface area contributed by atoms with Crippen molar-refractivity contribution in [1.82, 2.24) is 9.97 Å². The lowest BCUT2D eigenvalue weighted by atomic mass is 10.1. The van der Waals surface area contributed by atoms with Crippen LogP contribution in [0.4, 0.5) is 15.9 Å². The van der Waals surface area contributed by atoms with E-state index in [4.69, 9.17) is 17.3 Å². The number of nitrogen functional groups attached to an aromatic ring is 1. The molecule has 4 nitrogen and oxygen atoms in total. The van der Waals surface area contributed by atoms with Crippen LogP contribution in [0.1, 0.15) is 18.5 Å². The molecule has 94 valence electrons. The number of halogens is 2. The minimum atomic E-state index is -0.281. The average molecular weight is 267 g/mol.